The van der Waals surface area contributed by atoms with Crippen molar-refractivity contribution in [1.82, 2.24) is 97.6 Å². The van der Waals surface area contributed by atoms with Crippen LogP contribution in [0.1, 0.15) is 138 Å². The molecule has 15 heterocycles. The van der Waals surface area contributed by atoms with Crippen LogP contribution in [0.25, 0.3) is 60.7 Å². The number of thioether (sulfide) groups is 1. The van der Waals surface area contributed by atoms with Gasteiger partial charge in [0.15, 0.2) is 56.5 Å². The van der Waals surface area contributed by atoms with Crippen LogP contribution in [0.2, 0.25) is 5.28 Å². The minimum absolute atomic E-state index is 0.0211. The molecule has 0 aliphatic carbocycles. The topological polar surface area (TPSA) is 470 Å². The molecule has 15 rings (SSSR count). The fraction of sp³-hybridized carbons (Fsp3) is 0.509. The van der Waals surface area contributed by atoms with Gasteiger partial charge in [-0.25, -0.2) is 58.1 Å². The number of carbonyl (C=O) groups is 1. The Bertz CT molecular complexity index is 4420. The normalized spacial score (nSPS) is 19.9. The zero-order valence-electron chi connectivity index (χ0n) is 51.5. The molecule has 94 heavy (non-hydrogen) atoms. The summed E-state index contributed by atoms with van der Waals surface area (Å²) in [6, 6.07) is 0. The molecule has 5 aliphatic heterocycles. The molecule has 5 saturated heterocycles. The average Bonchev–Trinajstić information content (AvgIpc) is 1.66. The van der Waals surface area contributed by atoms with Gasteiger partial charge in [0.05, 0.1) is 25.3 Å². The van der Waals surface area contributed by atoms with E-state index in [4.69, 9.17) is 75.6 Å². The fourth-order valence-corrected chi connectivity index (χ4v) is 11.8. The predicted octanol–water partition coefficient (Wildman–Crippen LogP) is 7.11. The number of nitrogens with zero attached hydrogens (tertiary/aromatic N) is 21. The van der Waals surface area contributed by atoms with E-state index < -0.39 is 15.8 Å². The number of imidazole rings is 5. The smallest absolute Gasteiger partial charge is 0.375 e. The number of fused-ring (bicyclic) bond motifs is 5. The number of anilines is 5. The van der Waals surface area contributed by atoms with Crippen molar-refractivity contribution in [3.05, 3.63) is 54.2 Å². The van der Waals surface area contributed by atoms with E-state index in [0.29, 0.717) is 80.2 Å². The van der Waals surface area contributed by atoms with Gasteiger partial charge in [0.25, 0.3) is 5.16 Å². The highest BCUT2D eigenvalue weighted by Gasteiger charge is 2.27. The summed E-state index contributed by atoms with van der Waals surface area (Å²) < 4.78 is 60.8. The van der Waals surface area contributed by atoms with Crippen LogP contribution in [0.5, 0.6) is 0 Å². The molecular weight excluding hydrogens is 1300 g/mol. The van der Waals surface area contributed by atoms with Crippen molar-refractivity contribution in [2.75, 3.05) is 80.5 Å². The van der Waals surface area contributed by atoms with Crippen LogP contribution in [0.3, 0.4) is 0 Å². The van der Waals surface area contributed by atoms with Crippen LogP contribution in [-0.2, 0) is 33.5 Å². The Kier molecular flexibility index (Phi) is 22.6. The lowest BCUT2D eigenvalue weighted by molar-refractivity contribution is -0.0299. The molecule has 0 amide bonds. The number of aromatic nitrogens is 20. The molecule has 5 fully saturated rings. The number of carboxylic acid groups (broad SMARTS) is 1. The van der Waals surface area contributed by atoms with E-state index in [1.54, 1.807) is 47.0 Å². The van der Waals surface area contributed by atoms with Crippen LogP contribution >= 0.6 is 36.0 Å². The molecule has 0 spiro atoms. The van der Waals surface area contributed by atoms with Gasteiger partial charge in [-0.2, -0.15) is 32.6 Å². The minimum atomic E-state index is -3.53. The third kappa shape index (κ3) is 15.6. The summed E-state index contributed by atoms with van der Waals surface area (Å²) in [6.07, 6.45) is 27.9. The largest absolute Gasteiger partial charge is 0.475 e. The molecule has 11 N–H and O–H groups in total. The summed E-state index contributed by atoms with van der Waals surface area (Å²) >= 11 is 10.8. The lowest BCUT2D eigenvalue weighted by Crippen LogP contribution is -2.18. The van der Waals surface area contributed by atoms with Crippen molar-refractivity contribution in [1.29, 1.82) is 0 Å². The SMILES string of the molecule is CS.CS(=O)(=O)c1nc(N)c2ncn(C3CCCCO3)c2n1.CSc1nc(N)c2ncn(C3CCCCO3)c2n1.Nc1nc(C(=O)O)nc2c1ncn2C1CCCCO1.Nc1nc(Cl)nc2c1ncn2C1CCCCO1.[C-]#[N+]c1nc(N)c2ncn(C3CCCCO3)c2n1. The molecule has 0 saturated carbocycles. The number of nitrogens with two attached hydrogens (primary N) is 5. The zero-order valence-corrected chi connectivity index (χ0v) is 54.8. The molecule has 0 aromatic carbocycles. The third-order valence-corrected chi connectivity index (χ3v) is 16.9. The number of halogens is 1. The Morgan fingerprint density at radius 2 is 0.840 bits per heavy atom. The molecule has 0 bridgehead atoms. The van der Waals surface area contributed by atoms with Crippen molar-refractivity contribution in [2.45, 2.75) is 138 Å². The molecular formula is C55H71ClN26O9S3. The van der Waals surface area contributed by atoms with E-state index in [0.717, 1.165) is 122 Å². The summed E-state index contributed by atoms with van der Waals surface area (Å²) in [5.41, 5.74) is 34.2. The van der Waals surface area contributed by atoms with E-state index in [1.165, 1.54) is 18.2 Å². The Hall–Kier alpha value is -8.55. The maximum absolute atomic E-state index is 11.6. The number of rotatable bonds is 8. The second kappa shape index (κ2) is 31.1. The van der Waals surface area contributed by atoms with Crippen molar-refractivity contribution in [3.8, 4) is 0 Å². The maximum atomic E-state index is 11.6. The van der Waals surface area contributed by atoms with E-state index >= 15 is 0 Å². The second-order valence-electron chi connectivity index (χ2n) is 21.6. The molecule has 10 aromatic rings. The first-order valence-corrected chi connectivity index (χ1v) is 34.4. The maximum Gasteiger partial charge on any atom is 0.375 e. The van der Waals surface area contributed by atoms with Gasteiger partial charge in [-0.15, -0.1) is 16.5 Å². The number of sulfone groups is 1. The molecule has 39 heteroatoms. The van der Waals surface area contributed by atoms with Crippen LogP contribution in [0.4, 0.5) is 35.0 Å². The number of thiol groups is 1. The molecule has 5 atom stereocenters. The first kappa shape index (κ1) is 68.3. The van der Waals surface area contributed by atoms with Crippen molar-refractivity contribution >= 4 is 143 Å². The van der Waals surface area contributed by atoms with Gasteiger partial charge >= 0.3 is 11.9 Å². The molecule has 500 valence electrons. The van der Waals surface area contributed by atoms with Crippen molar-refractivity contribution in [2.24, 2.45) is 0 Å². The Morgan fingerprint density at radius 3 is 1.19 bits per heavy atom. The number of aromatic carboxylic acids is 1. The van der Waals surface area contributed by atoms with Gasteiger partial charge in [-0.05, 0) is 120 Å². The van der Waals surface area contributed by atoms with Gasteiger partial charge < -0.3 is 62.3 Å². The number of ether oxygens (including phenoxy) is 5. The number of carboxylic acids is 1. The average molecular weight is 1370 g/mol. The lowest BCUT2D eigenvalue weighted by atomic mass is 10.2. The monoisotopic (exact) mass is 1370 g/mol. The van der Waals surface area contributed by atoms with Crippen LogP contribution in [0, 0.1) is 6.57 Å². The number of hydrogen-bond acceptors (Lipinski definition) is 30. The standard InChI is InChI=1S/C11H12N6O.C11H15N5O3S.C11H13N5O3.C11H15N5OS.C10H12ClN5O.CH4S/c1-13-11-15-9(12)8-10(16-11)17(6-14-8)7-4-2-3-5-18-7;1-20(17,18)11-14-9(12)8-10(15-11)16(6-13-8)7-4-2-3-5-19-7;12-8-7-10(15-9(14-8)11(17)18)16(5-13-7)6-3-1-2-4-19-6;1-18-11-14-9(12)8-10(15-11)16(6-13-8)7-4-2-3-5-17-7;11-10-14-8(12)7-9(15-10)16(5-13-7)6-3-1-2-4-17-6;1-2/h6-7H,2-5H2,(H2,12,15,16);6-7H,2-5H2,1H3,(H2,12,14,15);5-6H,1-4H2,(H,17,18)(H2,12,14,15);6-7H,2-5H2,1H3,(H2,12,14,15);5-6H,1-4H2,(H2,12,14,15);2H,1H3. The van der Waals surface area contributed by atoms with E-state index in [9.17, 15) is 13.2 Å². The lowest BCUT2D eigenvalue weighted by Gasteiger charge is -2.23. The highest BCUT2D eigenvalue weighted by atomic mass is 35.5. The van der Waals surface area contributed by atoms with Gasteiger partial charge in [0.1, 0.15) is 59.5 Å². The summed E-state index contributed by atoms with van der Waals surface area (Å²) in [5.74, 6) is -0.415. The van der Waals surface area contributed by atoms with Gasteiger partial charge in [0.2, 0.25) is 32.4 Å². The Labute approximate surface area is 551 Å². The summed E-state index contributed by atoms with van der Waals surface area (Å²) in [6.45, 7) is 10.6. The van der Waals surface area contributed by atoms with E-state index in [2.05, 4.69) is 92.2 Å². The van der Waals surface area contributed by atoms with Crippen molar-refractivity contribution < 1.29 is 42.0 Å². The molecule has 5 unspecified atom stereocenters. The third-order valence-electron chi connectivity index (χ3n) is 15.3. The Morgan fingerprint density at radius 1 is 0.511 bits per heavy atom. The van der Waals surface area contributed by atoms with Crippen LogP contribution < -0.4 is 28.7 Å². The Balaban J connectivity index is 0.000000127. The van der Waals surface area contributed by atoms with E-state index in [1.807, 2.05) is 20.0 Å². The van der Waals surface area contributed by atoms with Gasteiger partial charge in [-0.3, -0.25) is 22.8 Å². The van der Waals surface area contributed by atoms with E-state index in [-0.39, 0.29) is 70.8 Å². The zero-order chi connectivity index (χ0) is 66.6. The summed E-state index contributed by atoms with van der Waals surface area (Å²) in [7, 11) is -3.53. The number of nitrogen functional groups attached to an aromatic ring is 5. The first-order valence-electron chi connectivity index (χ1n) is 30.0. The molecule has 35 nitrogen and oxygen atoms in total. The summed E-state index contributed by atoms with van der Waals surface area (Å²) in [4.78, 5) is 75.5. The quantitative estimate of drug-likeness (QED) is 0.0345. The molecule has 5 aliphatic rings. The predicted molar refractivity (Wildman–Crippen MR) is 351 cm³/mol. The number of hydrogen-bond donors (Lipinski definition) is 7. The minimum Gasteiger partial charge on any atom is -0.475 e. The highest BCUT2D eigenvalue weighted by Crippen LogP contribution is 2.33. The first-order chi connectivity index (χ1) is 45.5. The molecule has 0 radical (unpaired) electrons. The second-order valence-corrected chi connectivity index (χ2v) is 24.6. The fourth-order valence-electron chi connectivity index (χ4n) is 10.8. The van der Waals surface area contributed by atoms with Crippen molar-refractivity contribution in [3.63, 3.8) is 0 Å². The molecule has 10 aromatic heterocycles. The van der Waals surface area contributed by atoms with Gasteiger partial charge in [-0.1, -0.05) is 11.8 Å². The van der Waals surface area contributed by atoms with Gasteiger partial charge in [0, 0.05) is 39.3 Å². The van der Waals surface area contributed by atoms with Crippen LogP contribution in [-0.4, -0.2) is 169 Å². The highest BCUT2D eigenvalue weighted by molar-refractivity contribution is 7.98. The van der Waals surface area contributed by atoms with Crippen LogP contribution in [0.15, 0.2) is 41.9 Å². The summed E-state index contributed by atoms with van der Waals surface area (Å²) in [5, 5.41) is 9.47.